The van der Waals surface area contributed by atoms with Crippen molar-refractivity contribution in [3.63, 3.8) is 0 Å². The summed E-state index contributed by atoms with van der Waals surface area (Å²) in [4.78, 5) is 13.0. The molecule has 0 saturated carbocycles. The number of carbonyl (C=O) groups is 1. The van der Waals surface area contributed by atoms with Crippen LogP contribution >= 0.6 is 11.8 Å². The van der Waals surface area contributed by atoms with Gasteiger partial charge in [-0.3, -0.25) is 4.79 Å². The van der Waals surface area contributed by atoms with Crippen LogP contribution in [0.25, 0.3) is 0 Å². The fraction of sp³-hybridized carbons (Fsp3) is 0.857. The Morgan fingerprint density at radius 1 is 1.73 bits per heavy atom. The number of β-lactam (4-membered cyclic amide) rings is 1. The molecule has 4 heteroatoms. The Labute approximate surface area is 70.3 Å². The zero-order chi connectivity index (χ0) is 8.22. The lowest BCUT2D eigenvalue weighted by molar-refractivity contribution is -0.143. The molecule has 0 aromatic carbocycles. The van der Waals surface area contributed by atoms with Crippen molar-refractivity contribution in [1.29, 1.82) is 0 Å². The number of hydrogen-bond donors (Lipinski definition) is 1. The molecule has 3 nitrogen and oxygen atoms in total. The van der Waals surface area contributed by atoms with Gasteiger partial charge in [0.25, 0.3) is 0 Å². The minimum absolute atomic E-state index is 0.119. The Hall–Kier alpha value is -0.220. The van der Waals surface area contributed by atoms with Gasteiger partial charge < -0.3 is 10.6 Å². The maximum absolute atomic E-state index is 11.1. The van der Waals surface area contributed by atoms with Crippen LogP contribution in [0, 0.1) is 0 Å². The van der Waals surface area contributed by atoms with Crippen LogP contribution in [0.3, 0.4) is 0 Å². The number of rotatable bonds is 0. The molecule has 0 bridgehead atoms. The van der Waals surface area contributed by atoms with E-state index in [-0.39, 0.29) is 22.1 Å². The van der Waals surface area contributed by atoms with Crippen LogP contribution < -0.4 is 5.73 Å². The van der Waals surface area contributed by atoms with Gasteiger partial charge in [-0.1, -0.05) is 0 Å². The molecule has 0 aromatic heterocycles. The van der Waals surface area contributed by atoms with Crippen molar-refractivity contribution >= 4 is 17.7 Å². The summed E-state index contributed by atoms with van der Waals surface area (Å²) < 4.78 is 0.203. The molecular formula is C7H12N2OS. The average Bonchev–Trinajstić information content (AvgIpc) is 2.23. The Morgan fingerprint density at radius 3 is 2.91 bits per heavy atom. The van der Waals surface area contributed by atoms with E-state index in [0.717, 1.165) is 6.54 Å². The zero-order valence-corrected chi connectivity index (χ0v) is 7.52. The first kappa shape index (κ1) is 7.43. The molecule has 2 saturated heterocycles. The number of carbonyl (C=O) groups excluding carboxylic acids is 1. The first-order chi connectivity index (χ1) is 5.01. The lowest BCUT2D eigenvalue weighted by atomic mass is 10.1. The van der Waals surface area contributed by atoms with Crippen LogP contribution in [0.5, 0.6) is 0 Å². The molecule has 11 heavy (non-hydrogen) atoms. The highest BCUT2D eigenvalue weighted by molar-refractivity contribution is 8.01. The highest BCUT2D eigenvalue weighted by atomic mass is 32.2. The fourth-order valence-electron chi connectivity index (χ4n) is 1.63. The first-order valence-corrected chi connectivity index (χ1v) is 4.63. The normalized spacial score (nSPS) is 40.3. The summed E-state index contributed by atoms with van der Waals surface area (Å²) in [6, 6.07) is -0.234. The van der Waals surface area contributed by atoms with Gasteiger partial charge in [0.15, 0.2) is 0 Å². The van der Waals surface area contributed by atoms with Crippen molar-refractivity contribution in [3.05, 3.63) is 0 Å². The SMILES string of the molecule is CC1(C)CN2C(=O)C(N)C2S1. The van der Waals surface area contributed by atoms with Gasteiger partial charge in [-0.2, -0.15) is 0 Å². The van der Waals surface area contributed by atoms with E-state index >= 15 is 0 Å². The lowest BCUT2D eigenvalue weighted by Gasteiger charge is -2.38. The van der Waals surface area contributed by atoms with Gasteiger partial charge in [-0.05, 0) is 13.8 Å². The second-order valence-corrected chi connectivity index (χ2v) is 5.58. The third kappa shape index (κ3) is 0.891. The molecule has 2 aliphatic heterocycles. The van der Waals surface area contributed by atoms with Crippen LogP contribution in [0.15, 0.2) is 0 Å². The number of thioether (sulfide) groups is 1. The topological polar surface area (TPSA) is 46.3 Å². The van der Waals surface area contributed by atoms with Crippen molar-refractivity contribution in [3.8, 4) is 0 Å². The zero-order valence-electron chi connectivity index (χ0n) is 6.70. The van der Waals surface area contributed by atoms with Crippen LogP contribution in [0.2, 0.25) is 0 Å². The molecular weight excluding hydrogens is 160 g/mol. The van der Waals surface area contributed by atoms with E-state index < -0.39 is 0 Å². The number of hydrogen-bond acceptors (Lipinski definition) is 3. The summed E-state index contributed by atoms with van der Waals surface area (Å²) in [6.45, 7) is 5.15. The molecule has 0 aromatic rings. The quantitative estimate of drug-likeness (QED) is 0.523. The second kappa shape index (κ2) is 1.93. The number of nitrogens with two attached hydrogens (primary N) is 1. The maximum Gasteiger partial charge on any atom is 0.243 e. The summed E-state index contributed by atoms with van der Waals surface area (Å²) in [5.74, 6) is 0.119. The van der Waals surface area contributed by atoms with Gasteiger partial charge in [-0.15, -0.1) is 11.8 Å². The van der Waals surface area contributed by atoms with Crippen molar-refractivity contribution in [2.45, 2.75) is 30.0 Å². The van der Waals surface area contributed by atoms with E-state index in [0.29, 0.717) is 0 Å². The van der Waals surface area contributed by atoms with E-state index in [9.17, 15) is 4.79 Å². The molecule has 62 valence electrons. The molecule has 0 aliphatic carbocycles. The van der Waals surface area contributed by atoms with Gasteiger partial charge >= 0.3 is 0 Å². The monoisotopic (exact) mass is 172 g/mol. The van der Waals surface area contributed by atoms with E-state index in [1.165, 1.54) is 0 Å². The number of amides is 1. The predicted molar refractivity (Wildman–Crippen MR) is 45.1 cm³/mol. The Morgan fingerprint density at radius 2 is 2.36 bits per heavy atom. The second-order valence-electron chi connectivity index (χ2n) is 3.76. The molecule has 2 fully saturated rings. The molecule has 1 amide bonds. The molecule has 0 spiro atoms. The van der Waals surface area contributed by atoms with Crippen molar-refractivity contribution in [2.24, 2.45) is 5.73 Å². The fourth-order valence-corrected chi connectivity index (χ4v) is 3.07. The summed E-state index contributed by atoms with van der Waals surface area (Å²) >= 11 is 1.81. The number of nitrogens with zero attached hydrogens (tertiary/aromatic N) is 1. The third-order valence-electron chi connectivity index (χ3n) is 2.17. The molecule has 2 atom stereocenters. The van der Waals surface area contributed by atoms with Crippen LogP contribution in [-0.4, -0.2) is 33.5 Å². The highest BCUT2D eigenvalue weighted by Gasteiger charge is 2.54. The summed E-state index contributed by atoms with van der Waals surface area (Å²) in [5.41, 5.74) is 5.62. The average molecular weight is 172 g/mol. The van der Waals surface area contributed by atoms with Gasteiger partial charge in [0, 0.05) is 11.3 Å². The van der Waals surface area contributed by atoms with Gasteiger partial charge in [0.05, 0.1) is 0 Å². The number of fused-ring (bicyclic) bond motifs is 1. The van der Waals surface area contributed by atoms with Crippen LogP contribution in [0.1, 0.15) is 13.8 Å². The van der Waals surface area contributed by atoms with E-state index in [4.69, 9.17) is 5.73 Å². The summed E-state index contributed by atoms with van der Waals surface area (Å²) in [5, 5.41) is 0.262. The van der Waals surface area contributed by atoms with E-state index in [2.05, 4.69) is 13.8 Å². The van der Waals surface area contributed by atoms with Gasteiger partial charge in [-0.25, -0.2) is 0 Å². The Kier molecular flexibility index (Phi) is 1.30. The minimum Gasteiger partial charge on any atom is -0.326 e. The summed E-state index contributed by atoms with van der Waals surface area (Å²) in [6.07, 6.45) is 0. The third-order valence-corrected chi connectivity index (χ3v) is 3.73. The summed E-state index contributed by atoms with van der Waals surface area (Å²) in [7, 11) is 0. The van der Waals surface area contributed by atoms with Gasteiger partial charge in [0.1, 0.15) is 11.4 Å². The molecule has 2 N–H and O–H groups in total. The van der Waals surface area contributed by atoms with Crippen LogP contribution in [-0.2, 0) is 4.79 Å². The molecule has 2 rings (SSSR count). The minimum atomic E-state index is -0.234. The van der Waals surface area contributed by atoms with Crippen molar-refractivity contribution < 1.29 is 4.79 Å². The molecule has 2 aliphatic rings. The van der Waals surface area contributed by atoms with Crippen molar-refractivity contribution in [2.75, 3.05) is 6.54 Å². The van der Waals surface area contributed by atoms with E-state index in [1.807, 2.05) is 16.7 Å². The Balaban J connectivity index is 2.15. The van der Waals surface area contributed by atoms with Crippen LogP contribution in [0.4, 0.5) is 0 Å². The highest BCUT2D eigenvalue weighted by Crippen LogP contribution is 2.45. The standard InChI is InChI=1S/C7H12N2OS/c1-7(2)3-9-5(10)4(8)6(9)11-7/h4,6H,3,8H2,1-2H3. The molecule has 2 unspecified atom stereocenters. The first-order valence-electron chi connectivity index (χ1n) is 3.75. The van der Waals surface area contributed by atoms with Crippen molar-refractivity contribution in [1.82, 2.24) is 4.90 Å². The molecule has 2 heterocycles. The largest absolute Gasteiger partial charge is 0.326 e. The van der Waals surface area contributed by atoms with E-state index in [1.54, 1.807) is 0 Å². The lowest BCUT2D eigenvalue weighted by Crippen LogP contribution is -2.64. The predicted octanol–water partition coefficient (Wildman–Crippen LogP) is 0.00740. The smallest absolute Gasteiger partial charge is 0.243 e. The maximum atomic E-state index is 11.1. The van der Waals surface area contributed by atoms with Gasteiger partial charge in [0.2, 0.25) is 5.91 Å². The molecule has 0 radical (unpaired) electrons. The Bertz CT molecular complexity index is 216.